The third-order valence-corrected chi connectivity index (χ3v) is 4.07. The second kappa shape index (κ2) is 5.99. The molecule has 1 fully saturated rings. The first-order chi connectivity index (χ1) is 10.9. The first-order valence-electron chi connectivity index (χ1n) is 7.87. The van der Waals surface area contributed by atoms with Gasteiger partial charge >= 0.3 is 0 Å². The number of anilines is 1. The second-order valence-electron chi connectivity index (χ2n) is 6.95. The number of hydrogen-bond acceptors (Lipinski definition) is 4. The molecule has 0 atom stereocenters. The molecule has 1 aliphatic rings. The summed E-state index contributed by atoms with van der Waals surface area (Å²) in [6.45, 7) is 7.86. The zero-order chi connectivity index (χ0) is 16.4. The number of carbonyl (C=O) groups is 1. The molecule has 2 heterocycles. The Morgan fingerprint density at radius 2 is 1.74 bits per heavy atom. The Bertz CT molecular complexity index is 670. The van der Waals surface area contributed by atoms with Crippen LogP contribution in [0.3, 0.4) is 0 Å². The van der Waals surface area contributed by atoms with E-state index in [1.807, 2.05) is 29.2 Å². The molecule has 1 aromatic carbocycles. The number of rotatable bonds is 3. The molecule has 0 spiro atoms. The van der Waals surface area contributed by atoms with Gasteiger partial charge in [0.05, 0.1) is 6.04 Å². The highest BCUT2D eigenvalue weighted by molar-refractivity contribution is 5.95. The summed E-state index contributed by atoms with van der Waals surface area (Å²) < 4.78 is 0. The molecule has 1 amide bonds. The molecule has 1 aromatic heterocycles. The van der Waals surface area contributed by atoms with Crippen molar-refractivity contribution in [2.24, 2.45) is 0 Å². The van der Waals surface area contributed by atoms with Crippen LogP contribution in [-0.2, 0) is 5.41 Å². The topological polar surface area (TPSA) is 58.1 Å². The summed E-state index contributed by atoms with van der Waals surface area (Å²) in [4.78, 5) is 22.6. The number of nitrogens with one attached hydrogen (secondary N) is 1. The number of nitrogens with zero attached hydrogens (tertiary/aromatic N) is 3. The van der Waals surface area contributed by atoms with Gasteiger partial charge in [-0.05, 0) is 29.2 Å². The summed E-state index contributed by atoms with van der Waals surface area (Å²) in [6, 6.07) is 9.92. The molecule has 1 N–H and O–H groups in total. The zero-order valence-corrected chi connectivity index (χ0v) is 13.8. The van der Waals surface area contributed by atoms with Crippen molar-refractivity contribution in [2.75, 3.05) is 18.4 Å². The van der Waals surface area contributed by atoms with Crippen molar-refractivity contribution in [3.63, 3.8) is 0 Å². The predicted molar refractivity (Wildman–Crippen MR) is 90.5 cm³/mol. The quantitative estimate of drug-likeness (QED) is 0.947. The average Bonchev–Trinajstić information content (AvgIpc) is 2.50. The van der Waals surface area contributed by atoms with Gasteiger partial charge in [-0.25, -0.2) is 9.97 Å². The van der Waals surface area contributed by atoms with Crippen molar-refractivity contribution < 1.29 is 4.79 Å². The highest BCUT2D eigenvalue weighted by atomic mass is 16.2. The van der Waals surface area contributed by atoms with Gasteiger partial charge < -0.3 is 10.2 Å². The van der Waals surface area contributed by atoms with E-state index in [0.29, 0.717) is 19.0 Å². The Morgan fingerprint density at radius 3 is 2.30 bits per heavy atom. The lowest BCUT2D eigenvalue weighted by atomic mass is 9.86. The Morgan fingerprint density at radius 1 is 1.13 bits per heavy atom. The van der Waals surface area contributed by atoms with Gasteiger partial charge in [0.15, 0.2) is 0 Å². The highest BCUT2D eigenvalue weighted by Gasteiger charge is 2.31. The van der Waals surface area contributed by atoms with Crippen LogP contribution in [0.5, 0.6) is 0 Å². The van der Waals surface area contributed by atoms with Crippen LogP contribution in [-0.4, -0.2) is 39.9 Å². The van der Waals surface area contributed by atoms with Crippen molar-refractivity contribution >= 4 is 11.9 Å². The lowest BCUT2D eigenvalue weighted by Crippen LogP contribution is -2.57. The zero-order valence-electron chi connectivity index (χ0n) is 13.8. The summed E-state index contributed by atoms with van der Waals surface area (Å²) in [7, 11) is 0. The molecule has 1 saturated heterocycles. The smallest absolute Gasteiger partial charge is 0.253 e. The minimum atomic E-state index is 0.0810. The van der Waals surface area contributed by atoms with E-state index in [1.54, 1.807) is 18.5 Å². The van der Waals surface area contributed by atoms with Gasteiger partial charge in [-0.15, -0.1) is 0 Å². The van der Waals surface area contributed by atoms with Crippen LogP contribution in [0.25, 0.3) is 0 Å². The molecule has 5 heteroatoms. The van der Waals surface area contributed by atoms with Gasteiger partial charge in [0.25, 0.3) is 5.91 Å². The summed E-state index contributed by atoms with van der Waals surface area (Å²) in [5.41, 5.74) is 2.08. The lowest BCUT2D eigenvalue weighted by Gasteiger charge is -2.39. The minimum Gasteiger partial charge on any atom is -0.348 e. The number of likely N-dealkylation sites (tertiary alicyclic amines) is 1. The molecular weight excluding hydrogens is 288 g/mol. The van der Waals surface area contributed by atoms with Crippen LogP contribution in [0.4, 0.5) is 5.95 Å². The van der Waals surface area contributed by atoms with E-state index in [4.69, 9.17) is 0 Å². The Balaban J connectivity index is 1.56. The monoisotopic (exact) mass is 310 g/mol. The van der Waals surface area contributed by atoms with Crippen LogP contribution in [0.15, 0.2) is 42.7 Å². The molecule has 0 aliphatic carbocycles. The van der Waals surface area contributed by atoms with Gasteiger partial charge in [0.2, 0.25) is 5.95 Å². The number of carbonyl (C=O) groups excluding carboxylic acids is 1. The minimum absolute atomic E-state index is 0.0810. The van der Waals surface area contributed by atoms with Crippen molar-refractivity contribution in [2.45, 2.75) is 32.2 Å². The third-order valence-electron chi connectivity index (χ3n) is 4.07. The fourth-order valence-corrected chi connectivity index (χ4v) is 2.59. The van der Waals surface area contributed by atoms with Gasteiger partial charge in [0, 0.05) is 31.0 Å². The van der Waals surface area contributed by atoms with Crippen LogP contribution < -0.4 is 5.32 Å². The van der Waals surface area contributed by atoms with E-state index in [-0.39, 0.29) is 17.4 Å². The fourth-order valence-electron chi connectivity index (χ4n) is 2.59. The third kappa shape index (κ3) is 3.50. The highest BCUT2D eigenvalue weighted by Crippen LogP contribution is 2.23. The van der Waals surface area contributed by atoms with Crippen LogP contribution >= 0.6 is 0 Å². The Hall–Kier alpha value is -2.43. The largest absolute Gasteiger partial charge is 0.348 e. The standard InChI is InChI=1S/C18H22N4O/c1-18(2,3)14-7-5-13(6-8-14)16(23)22-11-15(12-22)21-17-19-9-4-10-20-17/h4-10,15H,11-12H2,1-3H3,(H,19,20,21). The molecule has 5 nitrogen and oxygen atoms in total. The summed E-state index contributed by atoms with van der Waals surface area (Å²) >= 11 is 0. The van der Waals surface area contributed by atoms with Crippen LogP contribution in [0.2, 0.25) is 0 Å². The van der Waals surface area contributed by atoms with Crippen molar-refractivity contribution in [3.8, 4) is 0 Å². The van der Waals surface area contributed by atoms with E-state index >= 15 is 0 Å². The number of aromatic nitrogens is 2. The molecule has 0 bridgehead atoms. The van der Waals surface area contributed by atoms with Gasteiger partial charge in [0.1, 0.15) is 0 Å². The number of benzene rings is 1. The molecule has 0 unspecified atom stereocenters. The van der Waals surface area contributed by atoms with E-state index in [0.717, 1.165) is 5.56 Å². The molecule has 0 radical (unpaired) electrons. The summed E-state index contributed by atoms with van der Waals surface area (Å²) in [6.07, 6.45) is 3.40. The predicted octanol–water partition coefficient (Wildman–Crippen LogP) is 2.71. The first kappa shape index (κ1) is 15.5. The average molecular weight is 310 g/mol. The van der Waals surface area contributed by atoms with E-state index in [9.17, 15) is 4.79 Å². The molecule has 3 rings (SSSR count). The molecule has 120 valence electrons. The summed E-state index contributed by atoms with van der Waals surface area (Å²) in [5, 5.41) is 3.23. The van der Waals surface area contributed by atoms with Crippen molar-refractivity contribution in [1.82, 2.24) is 14.9 Å². The molecular formula is C18H22N4O. The molecule has 1 aliphatic heterocycles. The normalized spacial score (nSPS) is 15.2. The SMILES string of the molecule is CC(C)(C)c1ccc(C(=O)N2CC(Nc3ncccn3)C2)cc1. The van der Waals surface area contributed by atoms with Crippen molar-refractivity contribution in [1.29, 1.82) is 0 Å². The Labute approximate surface area is 136 Å². The van der Waals surface area contributed by atoms with E-state index in [1.165, 1.54) is 5.56 Å². The first-order valence-corrected chi connectivity index (χ1v) is 7.87. The maximum atomic E-state index is 12.5. The Kier molecular flexibility index (Phi) is 4.03. The van der Waals surface area contributed by atoms with Gasteiger partial charge in [-0.2, -0.15) is 0 Å². The van der Waals surface area contributed by atoms with E-state index in [2.05, 4.69) is 36.1 Å². The fraction of sp³-hybridized carbons (Fsp3) is 0.389. The van der Waals surface area contributed by atoms with Gasteiger partial charge in [-0.3, -0.25) is 4.79 Å². The number of amides is 1. The molecule has 0 saturated carbocycles. The van der Waals surface area contributed by atoms with Crippen LogP contribution in [0.1, 0.15) is 36.7 Å². The number of hydrogen-bond donors (Lipinski definition) is 1. The molecule has 2 aromatic rings. The molecule has 23 heavy (non-hydrogen) atoms. The maximum absolute atomic E-state index is 12.5. The lowest BCUT2D eigenvalue weighted by molar-refractivity contribution is 0.0624. The summed E-state index contributed by atoms with van der Waals surface area (Å²) in [5.74, 6) is 0.691. The second-order valence-corrected chi connectivity index (χ2v) is 6.95. The van der Waals surface area contributed by atoms with E-state index < -0.39 is 0 Å². The van der Waals surface area contributed by atoms with Crippen molar-refractivity contribution in [3.05, 3.63) is 53.9 Å². The maximum Gasteiger partial charge on any atom is 0.253 e. The van der Waals surface area contributed by atoms with Crippen LogP contribution in [0, 0.1) is 0 Å². The van der Waals surface area contributed by atoms with Gasteiger partial charge in [-0.1, -0.05) is 32.9 Å².